The zero-order chi connectivity index (χ0) is 19.8. The van der Waals surface area contributed by atoms with Crippen LogP contribution in [0.15, 0.2) is 24.3 Å². The van der Waals surface area contributed by atoms with E-state index in [9.17, 15) is 10.2 Å². The normalized spacial score (nSPS) is 34.3. The lowest BCUT2D eigenvalue weighted by molar-refractivity contribution is -0.106. The second kappa shape index (κ2) is 7.62. The summed E-state index contributed by atoms with van der Waals surface area (Å²) in [6.07, 6.45) is 5.93. The molecule has 27 heavy (non-hydrogen) atoms. The summed E-state index contributed by atoms with van der Waals surface area (Å²) in [5.41, 5.74) is 2.29. The maximum absolute atomic E-state index is 10.4. The van der Waals surface area contributed by atoms with E-state index in [0.717, 1.165) is 25.7 Å². The molecule has 1 aromatic carbocycles. The third-order valence-corrected chi connectivity index (χ3v) is 6.15. The van der Waals surface area contributed by atoms with Gasteiger partial charge in [-0.2, -0.15) is 0 Å². The summed E-state index contributed by atoms with van der Waals surface area (Å²) >= 11 is 0. The third-order valence-electron chi connectivity index (χ3n) is 6.15. The van der Waals surface area contributed by atoms with Crippen molar-refractivity contribution in [1.82, 2.24) is 4.90 Å². The summed E-state index contributed by atoms with van der Waals surface area (Å²) in [7, 11) is 5.44. The Hall–Kier alpha value is -1.89. The minimum absolute atomic E-state index is 0.160. The van der Waals surface area contributed by atoms with Crippen LogP contribution in [0.4, 0.5) is 0 Å². The monoisotopic (exact) mass is 375 g/mol. The predicted molar refractivity (Wildman–Crippen MR) is 102 cm³/mol. The van der Waals surface area contributed by atoms with Gasteiger partial charge in [-0.25, -0.2) is 0 Å². The average Bonchev–Trinajstić information content (AvgIpc) is 2.99. The quantitative estimate of drug-likeness (QED) is 0.530. The number of rotatable bonds is 0. The first-order chi connectivity index (χ1) is 13.0. The van der Waals surface area contributed by atoms with E-state index in [1.807, 2.05) is 12.1 Å². The molecule has 0 amide bonds. The predicted octanol–water partition coefficient (Wildman–Crippen LogP) is 1.67. The van der Waals surface area contributed by atoms with Crippen LogP contribution in [0.5, 0.6) is 11.5 Å². The van der Waals surface area contributed by atoms with Crippen LogP contribution < -0.4 is 4.74 Å². The van der Waals surface area contributed by atoms with Crippen molar-refractivity contribution in [3.05, 3.63) is 35.4 Å². The molecule has 0 radical (unpaired) electrons. The van der Waals surface area contributed by atoms with Crippen LogP contribution in [0.2, 0.25) is 0 Å². The van der Waals surface area contributed by atoms with Gasteiger partial charge in [0.05, 0.1) is 0 Å². The van der Waals surface area contributed by atoms with Crippen molar-refractivity contribution >= 4 is 6.29 Å². The first-order valence-corrected chi connectivity index (χ1v) is 9.34. The SMILES string of the molecule is CC=O.CN1CC[C@]23c4c5ccc(O)c4O[C@H]2[C@@H](O)C=C[C@H]3[C@H]1C5.COC. The first kappa shape index (κ1) is 19.9. The summed E-state index contributed by atoms with van der Waals surface area (Å²) in [4.78, 5) is 11.2. The number of methoxy groups -OCH3 is 1. The highest BCUT2D eigenvalue weighted by Gasteiger charge is 2.64. The number of carbonyl (C=O) groups excluding carboxylic acids is 1. The summed E-state index contributed by atoms with van der Waals surface area (Å²) in [6, 6.07) is 4.23. The Morgan fingerprint density at radius 3 is 2.67 bits per heavy atom. The highest BCUT2D eigenvalue weighted by molar-refractivity contribution is 5.61. The fourth-order valence-electron chi connectivity index (χ4n) is 5.24. The van der Waals surface area contributed by atoms with Crippen LogP contribution in [0.3, 0.4) is 0 Å². The van der Waals surface area contributed by atoms with Crippen LogP contribution in [-0.2, 0) is 21.4 Å². The number of phenolic OH excluding ortho intramolecular Hbond substituents is 1. The van der Waals surface area contributed by atoms with E-state index >= 15 is 0 Å². The van der Waals surface area contributed by atoms with Crippen LogP contribution >= 0.6 is 0 Å². The van der Waals surface area contributed by atoms with Gasteiger partial charge in [-0.05, 0) is 45.0 Å². The average molecular weight is 375 g/mol. The van der Waals surface area contributed by atoms with E-state index in [4.69, 9.17) is 9.53 Å². The molecule has 1 spiro atoms. The molecule has 2 heterocycles. The first-order valence-electron chi connectivity index (χ1n) is 9.34. The van der Waals surface area contributed by atoms with Gasteiger partial charge in [-0.15, -0.1) is 0 Å². The molecule has 6 heteroatoms. The molecule has 5 rings (SSSR count). The lowest BCUT2D eigenvalue weighted by Crippen LogP contribution is -2.64. The maximum atomic E-state index is 10.4. The zero-order valence-electron chi connectivity index (χ0n) is 16.4. The molecule has 0 aromatic heterocycles. The number of phenols is 1. The number of aliphatic hydroxyl groups is 1. The van der Waals surface area contributed by atoms with Crippen LogP contribution in [0.25, 0.3) is 0 Å². The Morgan fingerprint density at radius 1 is 1.33 bits per heavy atom. The lowest BCUT2D eigenvalue weighted by atomic mass is 9.53. The van der Waals surface area contributed by atoms with Gasteiger partial charge in [0.2, 0.25) is 0 Å². The zero-order valence-corrected chi connectivity index (χ0v) is 16.4. The number of hydrogen-bond acceptors (Lipinski definition) is 6. The number of aromatic hydroxyl groups is 1. The van der Waals surface area contributed by atoms with E-state index in [2.05, 4.69) is 22.8 Å². The lowest BCUT2D eigenvalue weighted by Gasteiger charge is -2.56. The molecule has 1 aromatic rings. The van der Waals surface area contributed by atoms with E-state index < -0.39 is 6.10 Å². The van der Waals surface area contributed by atoms with Crippen molar-refractivity contribution in [1.29, 1.82) is 0 Å². The summed E-state index contributed by atoms with van der Waals surface area (Å²) < 4.78 is 10.3. The largest absolute Gasteiger partial charge is 0.504 e. The molecule has 2 aliphatic carbocycles. The van der Waals surface area contributed by atoms with Crippen molar-refractivity contribution in [2.45, 2.75) is 43.4 Å². The number of likely N-dealkylation sites (tertiary alicyclic amines) is 1. The Labute approximate surface area is 160 Å². The van der Waals surface area contributed by atoms with Crippen molar-refractivity contribution in [2.24, 2.45) is 5.92 Å². The summed E-state index contributed by atoms with van der Waals surface area (Å²) in [5.74, 6) is 1.19. The molecule has 1 fully saturated rings. The van der Waals surface area contributed by atoms with Gasteiger partial charge < -0.3 is 29.4 Å². The molecule has 5 atom stereocenters. The molecular weight excluding hydrogens is 346 g/mol. The molecule has 0 unspecified atom stereocenters. The van der Waals surface area contributed by atoms with Crippen LogP contribution in [-0.4, -0.2) is 67.5 Å². The number of ether oxygens (including phenoxy) is 2. The third kappa shape index (κ3) is 2.87. The van der Waals surface area contributed by atoms with E-state index in [-0.39, 0.29) is 17.3 Å². The number of nitrogens with zero attached hydrogens (tertiary/aromatic N) is 1. The number of aliphatic hydroxyl groups excluding tert-OH is 1. The number of carbonyl (C=O) groups is 1. The number of piperidine rings is 1. The molecular formula is C21H29NO5. The van der Waals surface area contributed by atoms with E-state index in [1.54, 1.807) is 20.3 Å². The van der Waals surface area contributed by atoms with Gasteiger partial charge in [-0.3, -0.25) is 0 Å². The van der Waals surface area contributed by atoms with Gasteiger partial charge >= 0.3 is 0 Å². The summed E-state index contributed by atoms with van der Waals surface area (Å²) in [5, 5.41) is 20.6. The van der Waals surface area contributed by atoms with Gasteiger partial charge in [-0.1, -0.05) is 18.2 Å². The minimum Gasteiger partial charge on any atom is -0.504 e. The standard InChI is InChI=1S/C17H19NO3.C2H6O.C2H4O/c1-18-7-6-17-10-3-5-13(20)16(17)21-15-12(19)4-2-9(14(15)17)8-11(10)18;1-3-2;1-2-3/h2-5,10-11,13,16,19-20H,6-8H2,1H3;1-2H3;2H,1H3/t10-,11+,13-,16-,17-;;/m0../s1. The number of aldehydes is 1. The topological polar surface area (TPSA) is 79.2 Å². The Bertz CT molecular complexity index is 734. The number of likely N-dealkylation sites (N-methyl/N-ethyl adjacent to an activating group) is 1. The Kier molecular flexibility index (Phi) is 5.60. The highest BCUT2D eigenvalue weighted by atomic mass is 16.5. The van der Waals surface area contributed by atoms with Crippen molar-refractivity contribution in [2.75, 3.05) is 27.8 Å². The molecule has 0 saturated carbocycles. The second-order valence-corrected chi connectivity index (χ2v) is 7.57. The number of benzene rings is 1. The van der Waals surface area contributed by atoms with Crippen molar-refractivity contribution in [3.8, 4) is 11.5 Å². The van der Waals surface area contributed by atoms with Crippen molar-refractivity contribution in [3.63, 3.8) is 0 Å². The highest BCUT2D eigenvalue weighted by Crippen LogP contribution is 2.62. The molecule has 1 saturated heterocycles. The van der Waals surface area contributed by atoms with Crippen LogP contribution in [0, 0.1) is 5.92 Å². The molecule has 2 aliphatic heterocycles. The Morgan fingerprint density at radius 2 is 2.00 bits per heavy atom. The molecule has 2 N–H and O–H groups in total. The maximum Gasteiger partial charge on any atom is 0.165 e. The molecule has 148 valence electrons. The van der Waals surface area contributed by atoms with Gasteiger partial charge in [0, 0.05) is 37.2 Å². The van der Waals surface area contributed by atoms with Gasteiger partial charge in [0.1, 0.15) is 18.5 Å². The fraction of sp³-hybridized carbons (Fsp3) is 0.571. The van der Waals surface area contributed by atoms with E-state index in [0.29, 0.717) is 17.7 Å². The second-order valence-electron chi connectivity index (χ2n) is 7.57. The van der Waals surface area contributed by atoms with Gasteiger partial charge in [0.15, 0.2) is 11.5 Å². The van der Waals surface area contributed by atoms with E-state index in [1.165, 1.54) is 18.1 Å². The van der Waals surface area contributed by atoms with Gasteiger partial charge in [0.25, 0.3) is 0 Å². The minimum atomic E-state index is -0.594. The smallest absolute Gasteiger partial charge is 0.165 e. The fourth-order valence-corrected chi connectivity index (χ4v) is 5.24. The Balaban J connectivity index is 0.000000314. The summed E-state index contributed by atoms with van der Waals surface area (Å²) in [6.45, 7) is 2.45. The van der Waals surface area contributed by atoms with Crippen LogP contribution in [0.1, 0.15) is 24.5 Å². The number of hydrogen-bond donors (Lipinski definition) is 2. The van der Waals surface area contributed by atoms with Crippen molar-refractivity contribution < 1.29 is 24.5 Å². The molecule has 4 aliphatic rings. The molecule has 6 nitrogen and oxygen atoms in total. The molecule has 2 bridgehead atoms.